The normalized spacial score (nSPS) is 14.4. The highest BCUT2D eigenvalue weighted by Crippen LogP contribution is 2.16. The van der Waals surface area contributed by atoms with Crippen LogP contribution in [-0.4, -0.2) is 16.8 Å². The minimum Gasteiger partial charge on any atom is -0.344 e. The van der Waals surface area contributed by atoms with Gasteiger partial charge in [-0.05, 0) is 25.1 Å². The van der Waals surface area contributed by atoms with Crippen LogP contribution < -0.4 is 0 Å². The van der Waals surface area contributed by atoms with E-state index >= 15 is 0 Å². The lowest BCUT2D eigenvalue weighted by atomic mass is 10.0. The number of benzene rings is 1. The second-order valence-electron chi connectivity index (χ2n) is 4.19. The number of aryl methyl sites for hydroxylation is 1. The summed E-state index contributed by atoms with van der Waals surface area (Å²) in [4.78, 5) is 4.65. The molecular formula is C14H14N2. The number of aliphatic imine (C=N–C) groups is 1. The molecule has 80 valence electrons. The molecule has 1 aliphatic heterocycles. The maximum Gasteiger partial charge on any atom is 0.0884 e. The summed E-state index contributed by atoms with van der Waals surface area (Å²) in [6.45, 7) is 3.99. The molecule has 0 radical (unpaired) electrons. The standard InChI is InChI=1S/C14H14N2/c1-11-4-2-5-12(10-11)14-13-6-3-8-16(13)9-7-15-14/h2-6,8,10H,7,9H2,1H3. The lowest BCUT2D eigenvalue weighted by Gasteiger charge is -2.16. The third-order valence-corrected chi connectivity index (χ3v) is 2.97. The van der Waals surface area contributed by atoms with Crippen molar-refractivity contribution < 1.29 is 0 Å². The van der Waals surface area contributed by atoms with E-state index in [4.69, 9.17) is 0 Å². The molecule has 0 unspecified atom stereocenters. The average Bonchev–Trinajstić information content (AvgIpc) is 2.76. The quantitative estimate of drug-likeness (QED) is 0.688. The Morgan fingerprint density at radius 3 is 3.00 bits per heavy atom. The topological polar surface area (TPSA) is 17.3 Å². The fraction of sp³-hybridized carbons (Fsp3) is 0.214. The van der Waals surface area contributed by atoms with E-state index in [9.17, 15) is 0 Å². The molecule has 1 aliphatic rings. The van der Waals surface area contributed by atoms with Crippen molar-refractivity contribution in [1.29, 1.82) is 0 Å². The van der Waals surface area contributed by atoms with E-state index in [1.165, 1.54) is 16.8 Å². The SMILES string of the molecule is Cc1cccc(C2=NCCn3cccc32)c1. The molecule has 0 spiro atoms. The monoisotopic (exact) mass is 210 g/mol. The molecule has 0 bridgehead atoms. The molecule has 1 aromatic carbocycles. The number of nitrogens with zero attached hydrogens (tertiary/aromatic N) is 2. The molecule has 0 N–H and O–H groups in total. The van der Waals surface area contributed by atoms with Crippen LogP contribution >= 0.6 is 0 Å². The molecule has 2 nitrogen and oxygen atoms in total. The highest BCUT2D eigenvalue weighted by molar-refractivity contribution is 6.12. The Morgan fingerprint density at radius 1 is 1.19 bits per heavy atom. The van der Waals surface area contributed by atoms with Crippen molar-refractivity contribution in [2.24, 2.45) is 4.99 Å². The molecule has 2 heteroatoms. The first kappa shape index (κ1) is 9.40. The fourth-order valence-corrected chi connectivity index (χ4v) is 2.21. The van der Waals surface area contributed by atoms with Gasteiger partial charge < -0.3 is 4.57 Å². The van der Waals surface area contributed by atoms with E-state index < -0.39 is 0 Å². The molecule has 2 heterocycles. The lowest BCUT2D eigenvalue weighted by Crippen LogP contribution is -2.18. The Morgan fingerprint density at radius 2 is 2.12 bits per heavy atom. The molecule has 2 aromatic rings. The van der Waals surface area contributed by atoms with E-state index in [-0.39, 0.29) is 0 Å². The van der Waals surface area contributed by atoms with Gasteiger partial charge in [0.1, 0.15) is 0 Å². The van der Waals surface area contributed by atoms with Gasteiger partial charge in [0.15, 0.2) is 0 Å². The van der Waals surface area contributed by atoms with Gasteiger partial charge in [0.2, 0.25) is 0 Å². The second-order valence-corrected chi connectivity index (χ2v) is 4.19. The second kappa shape index (κ2) is 3.63. The molecule has 16 heavy (non-hydrogen) atoms. The maximum atomic E-state index is 4.65. The van der Waals surface area contributed by atoms with Crippen molar-refractivity contribution in [3.63, 3.8) is 0 Å². The minimum absolute atomic E-state index is 0.880. The first-order valence-electron chi connectivity index (χ1n) is 5.61. The highest BCUT2D eigenvalue weighted by Gasteiger charge is 2.14. The van der Waals surface area contributed by atoms with Crippen LogP contribution in [0.15, 0.2) is 47.6 Å². The number of aromatic nitrogens is 1. The predicted molar refractivity (Wildman–Crippen MR) is 66.1 cm³/mol. The van der Waals surface area contributed by atoms with E-state index in [1.807, 2.05) is 0 Å². The zero-order valence-corrected chi connectivity index (χ0v) is 9.35. The molecule has 0 saturated heterocycles. The van der Waals surface area contributed by atoms with Crippen molar-refractivity contribution >= 4 is 5.71 Å². The van der Waals surface area contributed by atoms with Crippen LogP contribution in [-0.2, 0) is 6.54 Å². The van der Waals surface area contributed by atoms with Gasteiger partial charge in [-0.1, -0.05) is 23.8 Å². The first-order valence-corrected chi connectivity index (χ1v) is 5.61. The first-order chi connectivity index (χ1) is 7.84. The Labute approximate surface area is 95.3 Å². The molecule has 0 atom stereocenters. The fourth-order valence-electron chi connectivity index (χ4n) is 2.21. The Bertz CT molecular complexity index is 549. The van der Waals surface area contributed by atoms with Gasteiger partial charge >= 0.3 is 0 Å². The van der Waals surface area contributed by atoms with Gasteiger partial charge in [-0.15, -0.1) is 0 Å². The largest absolute Gasteiger partial charge is 0.344 e. The average molecular weight is 210 g/mol. The van der Waals surface area contributed by atoms with Gasteiger partial charge in [0.05, 0.1) is 18.0 Å². The minimum atomic E-state index is 0.880. The zero-order valence-electron chi connectivity index (χ0n) is 9.35. The summed E-state index contributed by atoms with van der Waals surface area (Å²) >= 11 is 0. The summed E-state index contributed by atoms with van der Waals surface area (Å²) in [5.74, 6) is 0. The van der Waals surface area contributed by atoms with Crippen LogP contribution in [0.5, 0.6) is 0 Å². The molecule has 1 aromatic heterocycles. The van der Waals surface area contributed by atoms with Gasteiger partial charge in [-0.2, -0.15) is 0 Å². The summed E-state index contributed by atoms with van der Waals surface area (Å²) < 4.78 is 2.27. The Kier molecular flexibility index (Phi) is 2.13. The van der Waals surface area contributed by atoms with Crippen LogP contribution in [0.3, 0.4) is 0 Å². The van der Waals surface area contributed by atoms with E-state index in [0.29, 0.717) is 0 Å². The van der Waals surface area contributed by atoms with Crippen LogP contribution in [0.25, 0.3) is 0 Å². The molecule has 0 aliphatic carbocycles. The van der Waals surface area contributed by atoms with Crippen molar-refractivity contribution in [2.45, 2.75) is 13.5 Å². The summed E-state index contributed by atoms with van der Waals surface area (Å²) in [6, 6.07) is 12.8. The van der Waals surface area contributed by atoms with Crippen molar-refractivity contribution in [3.05, 3.63) is 59.4 Å². The number of hydrogen-bond donors (Lipinski definition) is 0. The predicted octanol–water partition coefficient (Wildman–Crippen LogP) is 2.65. The number of fused-ring (bicyclic) bond motifs is 1. The van der Waals surface area contributed by atoms with E-state index in [2.05, 4.69) is 59.1 Å². The molecule has 0 fully saturated rings. The molecule has 3 rings (SSSR count). The third kappa shape index (κ3) is 1.47. The van der Waals surface area contributed by atoms with E-state index in [1.54, 1.807) is 0 Å². The van der Waals surface area contributed by atoms with Gasteiger partial charge in [-0.25, -0.2) is 0 Å². The molecule has 0 amide bonds. The highest BCUT2D eigenvalue weighted by atomic mass is 15.0. The summed E-state index contributed by atoms with van der Waals surface area (Å²) in [5.41, 5.74) is 4.86. The van der Waals surface area contributed by atoms with Crippen LogP contribution in [0, 0.1) is 6.92 Å². The number of rotatable bonds is 1. The maximum absolute atomic E-state index is 4.65. The molecule has 0 saturated carbocycles. The van der Waals surface area contributed by atoms with Gasteiger partial charge in [-0.3, -0.25) is 4.99 Å². The summed E-state index contributed by atoms with van der Waals surface area (Å²) in [6.07, 6.45) is 2.12. The van der Waals surface area contributed by atoms with Crippen LogP contribution in [0.1, 0.15) is 16.8 Å². The third-order valence-electron chi connectivity index (χ3n) is 2.97. The van der Waals surface area contributed by atoms with Crippen molar-refractivity contribution in [1.82, 2.24) is 4.57 Å². The number of hydrogen-bond acceptors (Lipinski definition) is 1. The van der Waals surface area contributed by atoms with Crippen LogP contribution in [0.2, 0.25) is 0 Å². The van der Waals surface area contributed by atoms with E-state index in [0.717, 1.165) is 18.8 Å². The zero-order chi connectivity index (χ0) is 11.0. The van der Waals surface area contributed by atoms with Gasteiger partial charge in [0.25, 0.3) is 0 Å². The Hall–Kier alpha value is -1.83. The Balaban J connectivity index is 2.12. The van der Waals surface area contributed by atoms with Crippen molar-refractivity contribution in [3.8, 4) is 0 Å². The van der Waals surface area contributed by atoms with Crippen LogP contribution in [0.4, 0.5) is 0 Å². The summed E-state index contributed by atoms with van der Waals surface area (Å²) in [5, 5.41) is 0. The van der Waals surface area contributed by atoms with Gasteiger partial charge in [0, 0.05) is 18.3 Å². The molecular weight excluding hydrogens is 196 g/mol. The smallest absolute Gasteiger partial charge is 0.0884 e. The summed E-state index contributed by atoms with van der Waals surface area (Å²) in [7, 11) is 0. The van der Waals surface area contributed by atoms with Crippen molar-refractivity contribution in [2.75, 3.05) is 6.54 Å². The lowest BCUT2D eigenvalue weighted by molar-refractivity contribution is 0.690.